The molecule has 0 aromatic heterocycles. The van der Waals surface area contributed by atoms with Gasteiger partial charge in [0, 0.05) is 32.1 Å². The van der Waals surface area contributed by atoms with E-state index < -0.39 is 0 Å². The second kappa shape index (κ2) is 7.45. The lowest BCUT2D eigenvalue weighted by Crippen LogP contribution is -2.26. The molecule has 0 heterocycles. The van der Waals surface area contributed by atoms with Crippen molar-refractivity contribution in [3.8, 4) is 0 Å². The molecule has 5 heteroatoms. The van der Waals surface area contributed by atoms with Crippen LogP contribution in [0.1, 0.15) is 18.9 Å². The first-order chi connectivity index (χ1) is 8.61. The zero-order chi connectivity index (χ0) is 13.4. The molecule has 0 radical (unpaired) electrons. The van der Waals surface area contributed by atoms with Gasteiger partial charge < -0.3 is 16.0 Å². The highest BCUT2D eigenvalue weighted by Crippen LogP contribution is 2.10. The molecule has 1 aromatic rings. The Hall–Kier alpha value is -1.88. The van der Waals surface area contributed by atoms with E-state index in [0.717, 1.165) is 11.3 Å². The van der Waals surface area contributed by atoms with Gasteiger partial charge in [0.2, 0.25) is 11.8 Å². The van der Waals surface area contributed by atoms with Crippen LogP contribution in [0.2, 0.25) is 0 Å². The topological polar surface area (TPSA) is 70.2 Å². The van der Waals surface area contributed by atoms with Crippen LogP contribution < -0.4 is 16.0 Å². The van der Waals surface area contributed by atoms with E-state index in [4.69, 9.17) is 0 Å². The van der Waals surface area contributed by atoms with E-state index in [9.17, 15) is 9.59 Å². The van der Waals surface area contributed by atoms with Crippen molar-refractivity contribution in [3.05, 3.63) is 29.8 Å². The van der Waals surface area contributed by atoms with Gasteiger partial charge in [-0.25, -0.2) is 0 Å². The molecule has 0 spiro atoms. The zero-order valence-corrected chi connectivity index (χ0v) is 10.7. The number of hydrogen-bond donors (Lipinski definition) is 3. The van der Waals surface area contributed by atoms with E-state index >= 15 is 0 Å². The van der Waals surface area contributed by atoms with Crippen LogP contribution in [-0.4, -0.2) is 25.4 Å². The van der Waals surface area contributed by atoms with Crippen molar-refractivity contribution in [2.45, 2.75) is 19.9 Å². The highest BCUT2D eigenvalue weighted by molar-refractivity contribution is 5.88. The number of nitrogens with one attached hydrogen (secondary N) is 3. The minimum absolute atomic E-state index is 0.00859. The molecular weight excluding hydrogens is 230 g/mol. The van der Waals surface area contributed by atoms with E-state index in [1.807, 2.05) is 31.3 Å². The summed E-state index contributed by atoms with van der Waals surface area (Å²) in [5.74, 6) is -0.0977. The van der Waals surface area contributed by atoms with E-state index in [1.54, 1.807) is 0 Å². The molecule has 0 aliphatic rings. The summed E-state index contributed by atoms with van der Waals surface area (Å²) in [6, 6.07) is 7.41. The van der Waals surface area contributed by atoms with Crippen molar-refractivity contribution in [1.82, 2.24) is 10.6 Å². The van der Waals surface area contributed by atoms with Crippen molar-refractivity contribution >= 4 is 17.5 Å². The Labute approximate surface area is 107 Å². The first kappa shape index (κ1) is 14.2. The maximum Gasteiger partial charge on any atom is 0.221 e. The van der Waals surface area contributed by atoms with Gasteiger partial charge in [-0.05, 0) is 24.7 Å². The first-order valence-corrected chi connectivity index (χ1v) is 5.89. The Balaban J connectivity index is 2.47. The third-order valence-electron chi connectivity index (χ3n) is 2.34. The predicted octanol–water partition coefficient (Wildman–Crippen LogP) is 0.871. The molecule has 0 atom stereocenters. The average molecular weight is 249 g/mol. The number of anilines is 1. The first-order valence-electron chi connectivity index (χ1n) is 5.89. The van der Waals surface area contributed by atoms with E-state index in [-0.39, 0.29) is 11.8 Å². The standard InChI is InChI=1S/C13H19N3O2/c1-10(17)16-12-5-3-4-11(8-12)9-15-13(18)6-7-14-2/h3-5,8,14H,6-7,9H2,1-2H3,(H,15,18)(H,16,17). The molecule has 5 nitrogen and oxygen atoms in total. The lowest BCUT2D eigenvalue weighted by atomic mass is 10.2. The lowest BCUT2D eigenvalue weighted by molar-refractivity contribution is -0.121. The lowest BCUT2D eigenvalue weighted by Gasteiger charge is -2.07. The van der Waals surface area contributed by atoms with Gasteiger partial charge in [-0.2, -0.15) is 0 Å². The van der Waals surface area contributed by atoms with Crippen LogP contribution in [0, 0.1) is 0 Å². The summed E-state index contributed by atoms with van der Waals surface area (Å²) in [6.45, 7) is 2.60. The fourth-order valence-corrected chi connectivity index (χ4v) is 1.49. The SMILES string of the molecule is CNCCC(=O)NCc1cccc(NC(C)=O)c1. The van der Waals surface area contributed by atoms with Gasteiger partial charge in [-0.1, -0.05) is 12.1 Å². The largest absolute Gasteiger partial charge is 0.352 e. The summed E-state index contributed by atoms with van der Waals surface area (Å²) in [6.07, 6.45) is 0.460. The highest BCUT2D eigenvalue weighted by Gasteiger charge is 2.01. The molecule has 0 saturated heterocycles. The molecule has 3 N–H and O–H groups in total. The fourth-order valence-electron chi connectivity index (χ4n) is 1.49. The second-order valence-corrected chi connectivity index (χ2v) is 4.01. The van der Waals surface area contributed by atoms with Crippen molar-refractivity contribution in [2.75, 3.05) is 18.9 Å². The molecule has 2 amide bonds. The second-order valence-electron chi connectivity index (χ2n) is 4.01. The molecule has 0 fully saturated rings. The molecule has 98 valence electrons. The Morgan fingerprint density at radius 3 is 2.72 bits per heavy atom. The van der Waals surface area contributed by atoms with E-state index in [2.05, 4.69) is 16.0 Å². The summed E-state index contributed by atoms with van der Waals surface area (Å²) in [7, 11) is 1.81. The van der Waals surface area contributed by atoms with Crippen LogP contribution in [0.25, 0.3) is 0 Å². The van der Waals surface area contributed by atoms with Crippen LogP contribution in [0.4, 0.5) is 5.69 Å². The van der Waals surface area contributed by atoms with Crippen molar-refractivity contribution in [3.63, 3.8) is 0 Å². The van der Waals surface area contributed by atoms with Crippen LogP contribution in [0.3, 0.4) is 0 Å². The van der Waals surface area contributed by atoms with Gasteiger partial charge in [0.1, 0.15) is 0 Å². The quantitative estimate of drug-likeness (QED) is 0.700. The average Bonchev–Trinajstić information content (AvgIpc) is 2.33. The molecule has 0 saturated carbocycles. The molecule has 0 aliphatic heterocycles. The molecule has 0 aliphatic carbocycles. The summed E-state index contributed by atoms with van der Waals surface area (Å²) >= 11 is 0. The van der Waals surface area contributed by atoms with Crippen LogP contribution in [-0.2, 0) is 16.1 Å². The molecule has 1 aromatic carbocycles. The maximum absolute atomic E-state index is 11.4. The van der Waals surface area contributed by atoms with Crippen molar-refractivity contribution in [2.24, 2.45) is 0 Å². The normalized spacial score (nSPS) is 9.89. The third-order valence-corrected chi connectivity index (χ3v) is 2.34. The van der Waals surface area contributed by atoms with Crippen LogP contribution >= 0.6 is 0 Å². The molecule has 0 bridgehead atoms. The Bertz CT molecular complexity index is 418. The number of amides is 2. The number of carbonyl (C=O) groups excluding carboxylic acids is 2. The zero-order valence-electron chi connectivity index (χ0n) is 10.7. The highest BCUT2D eigenvalue weighted by atomic mass is 16.2. The van der Waals surface area contributed by atoms with Crippen molar-refractivity contribution in [1.29, 1.82) is 0 Å². The van der Waals surface area contributed by atoms with E-state index in [0.29, 0.717) is 19.5 Å². The van der Waals surface area contributed by atoms with Crippen LogP contribution in [0.5, 0.6) is 0 Å². The minimum atomic E-state index is -0.106. The summed E-state index contributed by atoms with van der Waals surface area (Å²) in [5, 5.41) is 8.45. The number of benzene rings is 1. The summed E-state index contributed by atoms with van der Waals surface area (Å²) < 4.78 is 0. The van der Waals surface area contributed by atoms with Crippen LogP contribution in [0.15, 0.2) is 24.3 Å². The van der Waals surface area contributed by atoms with Gasteiger partial charge in [-0.3, -0.25) is 9.59 Å². The van der Waals surface area contributed by atoms with Gasteiger partial charge in [0.15, 0.2) is 0 Å². The molecular formula is C13H19N3O2. The maximum atomic E-state index is 11.4. The molecule has 1 rings (SSSR count). The summed E-state index contributed by atoms with van der Waals surface area (Å²) in [4.78, 5) is 22.3. The summed E-state index contributed by atoms with van der Waals surface area (Å²) in [5.41, 5.74) is 1.70. The minimum Gasteiger partial charge on any atom is -0.352 e. The Kier molecular flexibility index (Phi) is 5.87. The fraction of sp³-hybridized carbons (Fsp3) is 0.385. The van der Waals surface area contributed by atoms with Gasteiger partial charge >= 0.3 is 0 Å². The molecule has 18 heavy (non-hydrogen) atoms. The van der Waals surface area contributed by atoms with Gasteiger partial charge in [0.05, 0.1) is 0 Å². The Morgan fingerprint density at radius 1 is 1.28 bits per heavy atom. The van der Waals surface area contributed by atoms with Crippen molar-refractivity contribution < 1.29 is 9.59 Å². The predicted molar refractivity (Wildman–Crippen MR) is 71.1 cm³/mol. The van der Waals surface area contributed by atoms with E-state index in [1.165, 1.54) is 6.92 Å². The molecule has 0 unspecified atom stereocenters. The van der Waals surface area contributed by atoms with Gasteiger partial charge in [-0.15, -0.1) is 0 Å². The monoisotopic (exact) mass is 249 g/mol. The number of carbonyl (C=O) groups is 2. The number of hydrogen-bond acceptors (Lipinski definition) is 3. The third kappa shape index (κ3) is 5.45. The smallest absolute Gasteiger partial charge is 0.221 e. The van der Waals surface area contributed by atoms with Gasteiger partial charge in [0.25, 0.3) is 0 Å². The number of rotatable bonds is 6. The Morgan fingerprint density at radius 2 is 2.06 bits per heavy atom.